The van der Waals surface area contributed by atoms with Crippen molar-refractivity contribution in [2.45, 2.75) is 26.9 Å². The Hall–Kier alpha value is -4.08. The minimum absolute atomic E-state index is 0.0881. The minimum Gasteiger partial charge on any atom is -0.490 e. The van der Waals surface area contributed by atoms with Gasteiger partial charge in [0.15, 0.2) is 11.5 Å². The van der Waals surface area contributed by atoms with Crippen LogP contribution >= 0.6 is 11.6 Å². The largest absolute Gasteiger partial charge is 0.490 e. The maximum Gasteiger partial charge on any atom is 0.266 e. The van der Waals surface area contributed by atoms with E-state index in [1.54, 1.807) is 55.5 Å². The number of hydrogen-bond donors (Lipinski definition) is 1. The number of ether oxygens (including phenoxy) is 2. The van der Waals surface area contributed by atoms with Crippen LogP contribution in [-0.4, -0.2) is 12.5 Å². The number of carbonyl (C=O) groups is 1. The Morgan fingerprint density at radius 2 is 1.97 bits per heavy atom. The van der Waals surface area contributed by atoms with Crippen LogP contribution in [0.3, 0.4) is 0 Å². The molecule has 0 aliphatic heterocycles. The summed E-state index contributed by atoms with van der Waals surface area (Å²) >= 11 is 6.14. The Morgan fingerprint density at radius 3 is 2.67 bits per heavy atom. The van der Waals surface area contributed by atoms with Gasteiger partial charge in [0.1, 0.15) is 24.1 Å². The van der Waals surface area contributed by atoms with Crippen LogP contribution in [0.4, 0.5) is 10.1 Å². The van der Waals surface area contributed by atoms with Crippen LogP contribution in [0.1, 0.15) is 29.2 Å². The second kappa shape index (κ2) is 12.6. The van der Waals surface area contributed by atoms with Gasteiger partial charge >= 0.3 is 0 Å². The summed E-state index contributed by atoms with van der Waals surface area (Å²) in [7, 11) is 0. The number of carbonyl (C=O) groups excluding carboxylic acids is 1. The van der Waals surface area contributed by atoms with E-state index in [4.69, 9.17) is 21.1 Å². The Labute approximate surface area is 215 Å². The van der Waals surface area contributed by atoms with Gasteiger partial charge < -0.3 is 14.8 Å². The second-order valence-electron chi connectivity index (χ2n) is 7.89. The smallest absolute Gasteiger partial charge is 0.266 e. The Morgan fingerprint density at radius 1 is 1.19 bits per heavy atom. The highest BCUT2D eigenvalue weighted by Crippen LogP contribution is 2.35. The van der Waals surface area contributed by atoms with Gasteiger partial charge in [-0.2, -0.15) is 5.26 Å². The van der Waals surface area contributed by atoms with E-state index >= 15 is 0 Å². The van der Waals surface area contributed by atoms with Crippen molar-refractivity contribution in [2.75, 3.05) is 11.9 Å². The van der Waals surface area contributed by atoms with Crippen molar-refractivity contribution in [3.8, 4) is 17.6 Å². The highest BCUT2D eigenvalue weighted by Gasteiger charge is 2.16. The molecule has 36 heavy (non-hydrogen) atoms. The first kappa shape index (κ1) is 26.5. The number of hydrogen-bond acceptors (Lipinski definition) is 4. The van der Waals surface area contributed by atoms with E-state index in [0.29, 0.717) is 51.9 Å². The number of amides is 1. The standard InChI is InChI=1S/C29H26ClFN2O3/c1-4-8-22-13-21(14-23(17-32)29(34)33-26-12-7-11-25(30)19(26)3)16-27(35-5-2)28(22)36-18-20-9-6-10-24(31)15-20/h4,6-7,9-16H,1,5,8,18H2,2-3H3,(H,33,34)/b23-14+. The number of anilines is 1. The van der Waals surface area contributed by atoms with Crippen molar-refractivity contribution in [3.63, 3.8) is 0 Å². The molecule has 0 atom stereocenters. The van der Waals surface area contributed by atoms with Crippen LogP contribution in [0.15, 0.2) is 72.8 Å². The summed E-state index contributed by atoms with van der Waals surface area (Å²) in [5, 5.41) is 12.9. The third-order valence-corrected chi connectivity index (χ3v) is 5.69. The number of nitriles is 1. The highest BCUT2D eigenvalue weighted by atomic mass is 35.5. The quantitative estimate of drug-likeness (QED) is 0.182. The van der Waals surface area contributed by atoms with Gasteiger partial charge in [-0.05, 0) is 79.4 Å². The molecule has 3 aromatic carbocycles. The molecule has 3 rings (SSSR count). The number of allylic oxidation sites excluding steroid dienone is 1. The zero-order valence-electron chi connectivity index (χ0n) is 20.1. The maximum atomic E-state index is 13.6. The molecule has 7 heteroatoms. The lowest BCUT2D eigenvalue weighted by molar-refractivity contribution is -0.112. The first-order valence-electron chi connectivity index (χ1n) is 11.3. The SMILES string of the molecule is C=CCc1cc(/C=C(\C#N)C(=O)Nc2cccc(Cl)c2C)cc(OCC)c1OCc1cccc(F)c1. The van der Waals surface area contributed by atoms with Crippen LogP contribution < -0.4 is 14.8 Å². The molecule has 184 valence electrons. The summed E-state index contributed by atoms with van der Waals surface area (Å²) in [6.07, 6.45) is 3.66. The van der Waals surface area contributed by atoms with Crippen LogP contribution in [0, 0.1) is 24.1 Å². The molecule has 5 nitrogen and oxygen atoms in total. The van der Waals surface area contributed by atoms with E-state index < -0.39 is 5.91 Å². The predicted octanol–water partition coefficient (Wildman–Crippen LogP) is 7.04. The monoisotopic (exact) mass is 504 g/mol. The van der Waals surface area contributed by atoms with Gasteiger partial charge in [-0.15, -0.1) is 6.58 Å². The number of halogens is 2. The van der Waals surface area contributed by atoms with Gasteiger partial charge in [-0.1, -0.05) is 35.9 Å². The first-order valence-corrected chi connectivity index (χ1v) is 11.7. The number of benzene rings is 3. The molecule has 1 amide bonds. The fraction of sp³-hybridized carbons (Fsp3) is 0.172. The summed E-state index contributed by atoms with van der Waals surface area (Å²) in [6, 6.07) is 16.8. The summed E-state index contributed by atoms with van der Waals surface area (Å²) in [5.41, 5.74) is 3.15. The van der Waals surface area contributed by atoms with Crippen LogP contribution in [-0.2, 0) is 17.8 Å². The lowest BCUT2D eigenvalue weighted by atomic mass is 10.0. The summed E-state index contributed by atoms with van der Waals surface area (Å²) in [5.74, 6) is 0.0410. The zero-order valence-corrected chi connectivity index (χ0v) is 20.9. The van der Waals surface area contributed by atoms with Gasteiger partial charge in [0.25, 0.3) is 5.91 Å². The summed E-state index contributed by atoms with van der Waals surface area (Å²) < 4.78 is 25.4. The zero-order chi connectivity index (χ0) is 26.1. The fourth-order valence-electron chi connectivity index (χ4n) is 3.53. The van der Waals surface area contributed by atoms with Crippen LogP contribution in [0.25, 0.3) is 6.08 Å². The molecule has 0 unspecified atom stereocenters. The lowest BCUT2D eigenvalue weighted by Gasteiger charge is -2.17. The van der Waals surface area contributed by atoms with Crippen molar-refractivity contribution in [2.24, 2.45) is 0 Å². The maximum absolute atomic E-state index is 13.6. The topological polar surface area (TPSA) is 71.4 Å². The van der Waals surface area contributed by atoms with Gasteiger partial charge in [0.2, 0.25) is 0 Å². The van der Waals surface area contributed by atoms with Gasteiger partial charge in [0.05, 0.1) is 6.61 Å². The molecular formula is C29H26ClFN2O3. The van der Waals surface area contributed by atoms with Crippen molar-refractivity contribution in [1.29, 1.82) is 5.26 Å². The lowest BCUT2D eigenvalue weighted by Crippen LogP contribution is -2.14. The molecule has 1 N–H and O–H groups in total. The average Bonchev–Trinajstić information content (AvgIpc) is 2.85. The van der Waals surface area contributed by atoms with Crippen molar-refractivity contribution < 1.29 is 18.7 Å². The Balaban J connectivity index is 1.94. The van der Waals surface area contributed by atoms with E-state index in [0.717, 1.165) is 5.56 Å². The molecule has 0 saturated heterocycles. The van der Waals surface area contributed by atoms with E-state index in [9.17, 15) is 14.4 Å². The van der Waals surface area contributed by atoms with E-state index in [-0.39, 0.29) is 18.0 Å². The van der Waals surface area contributed by atoms with Gasteiger partial charge in [0, 0.05) is 16.3 Å². The molecule has 0 spiro atoms. The Bertz CT molecular complexity index is 1340. The minimum atomic E-state index is -0.558. The number of nitrogens with one attached hydrogen (secondary N) is 1. The predicted molar refractivity (Wildman–Crippen MR) is 141 cm³/mol. The molecule has 0 fully saturated rings. The molecule has 3 aromatic rings. The summed E-state index contributed by atoms with van der Waals surface area (Å²) in [4.78, 5) is 12.8. The van der Waals surface area contributed by atoms with E-state index in [2.05, 4.69) is 11.9 Å². The van der Waals surface area contributed by atoms with E-state index in [1.165, 1.54) is 18.2 Å². The first-order chi connectivity index (χ1) is 17.4. The van der Waals surface area contributed by atoms with Crippen molar-refractivity contribution >= 4 is 29.3 Å². The van der Waals surface area contributed by atoms with Crippen LogP contribution in [0.2, 0.25) is 5.02 Å². The molecule has 0 aliphatic carbocycles. The number of nitrogens with zero attached hydrogens (tertiary/aromatic N) is 1. The van der Waals surface area contributed by atoms with Gasteiger partial charge in [-0.25, -0.2) is 4.39 Å². The van der Waals surface area contributed by atoms with Crippen LogP contribution in [0.5, 0.6) is 11.5 Å². The third-order valence-electron chi connectivity index (χ3n) is 5.28. The van der Waals surface area contributed by atoms with Crippen molar-refractivity contribution in [3.05, 3.63) is 106 Å². The Kier molecular flexibility index (Phi) is 9.26. The highest BCUT2D eigenvalue weighted by molar-refractivity contribution is 6.31. The molecular weight excluding hydrogens is 479 g/mol. The average molecular weight is 505 g/mol. The summed E-state index contributed by atoms with van der Waals surface area (Å²) in [6.45, 7) is 7.95. The van der Waals surface area contributed by atoms with E-state index in [1.807, 2.05) is 13.0 Å². The second-order valence-corrected chi connectivity index (χ2v) is 8.30. The molecule has 0 heterocycles. The van der Waals surface area contributed by atoms with Crippen molar-refractivity contribution in [1.82, 2.24) is 0 Å². The third kappa shape index (κ3) is 6.74. The fourth-order valence-corrected chi connectivity index (χ4v) is 3.71. The molecule has 0 aliphatic rings. The molecule has 0 radical (unpaired) electrons. The molecule has 0 bridgehead atoms. The number of rotatable bonds is 10. The molecule has 0 saturated carbocycles. The van der Waals surface area contributed by atoms with Gasteiger partial charge in [-0.3, -0.25) is 4.79 Å². The normalized spacial score (nSPS) is 10.9. The molecule has 0 aromatic heterocycles.